The van der Waals surface area contributed by atoms with Gasteiger partial charge in [-0.3, -0.25) is 4.79 Å². The number of alkyl halides is 3. The molecule has 0 radical (unpaired) electrons. The molecular weight excluding hydrogens is 309 g/mol. The molecule has 1 N–H and O–H groups in total. The van der Waals surface area contributed by atoms with Crippen LogP contribution in [0.15, 0.2) is 42.6 Å². The largest absolute Gasteiger partial charge is 0.468 e. The predicted molar refractivity (Wildman–Crippen MR) is 78.1 cm³/mol. The molecule has 1 heterocycles. The van der Waals surface area contributed by atoms with E-state index in [2.05, 4.69) is 15.0 Å². The summed E-state index contributed by atoms with van der Waals surface area (Å²) >= 11 is 0. The molecule has 4 nitrogen and oxygen atoms in total. The average Bonchev–Trinajstić information content (AvgIpc) is 2.51. The molecule has 0 aliphatic rings. The number of benzene rings is 1. The van der Waals surface area contributed by atoms with E-state index in [0.29, 0.717) is 11.1 Å². The zero-order valence-electron chi connectivity index (χ0n) is 12.4. The quantitative estimate of drug-likeness (QED) is 0.918. The SMILES string of the molecule is Cc1ccc(C(=O)NCc2cccnc2OCC(F)(F)F)cc1. The van der Waals surface area contributed by atoms with Crippen LogP contribution in [-0.4, -0.2) is 23.7 Å². The second-order valence-corrected chi connectivity index (χ2v) is 4.92. The molecule has 23 heavy (non-hydrogen) atoms. The van der Waals surface area contributed by atoms with Crippen molar-refractivity contribution in [1.82, 2.24) is 10.3 Å². The first kappa shape index (κ1) is 16.8. The van der Waals surface area contributed by atoms with Crippen LogP contribution in [-0.2, 0) is 6.54 Å². The third-order valence-electron chi connectivity index (χ3n) is 2.98. The fourth-order valence-corrected chi connectivity index (χ4v) is 1.82. The molecule has 1 amide bonds. The second kappa shape index (κ2) is 7.13. The van der Waals surface area contributed by atoms with Gasteiger partial charge >= 0.3 is 6.18 Å². The van der Waals surface area contributed by atoms with Crippen LogP contribution in [0.1, 0.15) is 21.5 Å². The summed E-state index contributed by atoms with van der Waals surface area (Å²) in [6.45, 7) is 0.498. The van der Waals surface area contributed by atoms with E-state index in [1.807, 2.05) is 6.92 Å². The molecule has 7 heteroatoms. The standard InChI is InChI=1S/C16H15F3N2O2/c1-11-4-6-12(7-5-11)14(22)21-9-13-3-2-8-20-15(13)23-10-16(17,18)19/h2-8H,9-10H2,1H3,(H,21,22). The minimum atomic E-state index is -4.44. The van der Waals surface area contributed by atoms with E-state index in [1.165, 1.54) is 6.20 Å². The van der Waals surface area contributed by atoms with E-state index in [4.69, 9.17) is 0 Å². The lowest BCUT2D eigenvalue weighted by Crippen LogP contribution is -2.24. The highest BCUT2D eigenvalue weighted by Crippen LogP contribution is 2.20. The number of carbonyl (C=O) groups excluding carboxylic acids is 1. The summed E-state index contributed by atoms with van der Waals surface area (Å²) in [4.78, 5) is 15.8. The summed E-state index contributed by atoms with van der Waals surface area (Å²) in [6, 6.07) is 10.1. The van der Waals surface area contributed by atoms with Gasteiger partial charge in [-0.25, -0.2) is 4.98 Å². The minimum Gasteiger partial charge on any atom is -0.468 e. The number of halogens is 3. The molecule has 0 aliphatic carbocycles. The number of aryl methyl sites for hydroxylation is 1. The van der Waals surface area contributed by atoms with E-state index < -0.39 is 12.8 Å². The number of rotatable bonds is 5. The Labute approximate surface area is 131 Å². The van der Waals surface area contributed by atoms with Crippen molar-refractivity contribution in [3.05, 3.63) is 59.3 Å². The van der Waals surface area contributed by atoms with Crippen molar-refractivity contribution in [2.75, 3.05) is 6.61 Å². The minimum absolute atomic E-state index is 0.0216. The summed E-state index contributed by atoms with van der Waals surface area (Å²) < 4.78 is 41.3. The van der Waals surface area contributed by atoms with Gasteiger partial charge in [0, 0.05) is 23.9 Å². The van der Waals surface area contributed by atoms with Crippen LogP contribution in [0.2, 0.25) is 0 Å². The van der Waals surface area contributed by atoms with Crippen LogP contribution in [0.4, 0.5) is 13.2 Å². The molecule has 0 aliphatic heterocycles. The van der Waals surface area contributed by atoms with Crippen molar-refractivity contribution in [2.45, 2.75) is 19.6 Å². The monoisotopic (exact) mass is 324 g/mol. The van der Waals surface area contributed by atoms with Gasteiger partial charge in [0.05, 0.1) is 0 Å². The summed E-state index contributed by atoms with van der Waals surface area (Å²) in [6.07, 6.45) is -3.11. The molecule has 0 spiro atoms. The molecule has 1 aromatic heterocycles. The number of amides is 1. The Morgan fingerprint density at radius 3 is 2.57 bits per heavy atom. The fourth-order valence-electron chi connectivity index (χ4n) is 1.82. The Kier molecular flexibility index (Phi) is 5.20. The van der Waals surface area contributed by atoms with Crippen LogP contribution in [0.3, 0.4) is 0 Å². The topological polar surface area (TPSA) is 51.2 Å². The van der Waals surface area contributed by atoms with Gasteiger partial charge in [0.25, 0.3) is 5.91 Å². The van der Waals surface area contributed by atoms with Crippen molar-refractivity contribution in [3.63, 3.8) is 0 Å². The Balaban J connectivity index is 2.00. The van der Waals surface area contributed by atoms with E-state index >= 15 is 0 Å². The van der Waals surface area contributed by atoms with Gasteiger partial charge < -0.3 is 10.1 Å². The molecule has 122 valence electrons. The number of hydrogen-bond acceptors (Lipinski definition) is 3. The maximum absolute atomic E-state index is 12.2. The Hall–Kier alpha value is -2.57. The highest BCUT2D eigenvalue weighted by Gasteiger charge is 2.29. The maximum Gasteiger partial charge on any atom is 0.422 e. The Morgan fingerprint density at radius 1 is 1.22 bits per heavy atom. The lowest BCUT2D eigenvalue weighted by atomic mass is 10.1. The molecule has 2 aromatic rings. The summed E-state index contributed by atoms with van der Waals surface area (Å²) in [5, 5.41) is 2.63. The van der Waals surface area contributed by atoms with Crippen molar-refractivity contribution < 1.29 is 22.7 Å². The van der Waals surface area contributed by atoms with E-state index in [0.717, 1.165) is 5.56 Å². The van der Waals surface area contributed by atoms with Crippen molar-refractivity contribution in [1.29, 1.82) is 0 Å². The first-order valence-electron chi connectivity index (χ1n) is 6.83. The number of nitrogens with one attached hydrogen (secondary N) is 1. The van der Waals surface area contributed by atoms with Crippen molar-refractivity contribution in [2.24, 2.45) is 0 Å². The summed E-state index contributed by atoms with van der Waals surface area (Å²) in [5.41, 5.74) is 1.87. The highest BCUT2D eigenvalue weighted by atomic mass is 19.4. The Morgan fingerprint density at radius 2 is 1.91 bits per heavy atom. The second-order valence-electron chi connectivity index (χ2n) is 4.92. The van der Waals surface area contributed by atoms with Gasteiger partial charge in [0.15, 0.2) is 6.61 Å². The van der Waals surface area contributed by atoms with Crippen LogP contribution < -0.4 is 10.1 Å². The first-order chi connectivity index (χ1) is 10.8. The van der Waals surface area contributed by atoms with Crippen molar-refractivity contribution in [3.8, 4) is 5.88 Å². The van der Waals surface area contributed by atoms with E-state index in [1.54, 1.807) is 36.4 Å². The molecule has 0 bridgehead atoms. The maximum atomic E-state index is 12.2. The zero-order chi connectivity index (χ0) is 16.9. The highest BCUT2D eigenvalue weighted by molar-refractivity contribution is 5.94. The molecule has 0 saturated heterocycles. The van der Waals surface area contributed by atoms with Crippen LogP contribution in [0, 0.1) is 6.92 Å². The molecule has 0 atom stereocenters. The predicted octanol–water partition coefficient (Wildman–Crippen LogP) is 3.26. The van der Waals surface area contributed by atoms with Gasteiger partial charge in [0.2, 0.25) is 5.88 Å². The number of ether oxygens (including phenoxy) is 1. The van der Waals surface area contributed by atoms with Gasteiger partial charge in [-0.15, -0.1) is 0 Å². The zero-order valence-corrected chi connectivity index (χ0v) is 12.4. The third-order valence-corrected chi connectivity index (χ3v) is 2.98. The fraction of sp³-hybridized carbons (Fsp3) is 0.250. The first-order valence-corrected chi connectivity index (χ1v) is 6.83. The summed E-state index contributed by atoms with van der Waals surface area (Å²) in [7, 11) is 0. The van der Waals surface area contributed by atoms with Gasteiger partial charge in [-0.05, 0) is 25.1 Å². The average molecular weight is 324 g/mol. The smallest absolute Gasteiger partial charge is 0.422 e. The van der Waals surface area contributed by atoms with Crippen LogP contribution >= 0.6 is 0 Å². The summed E-state index contributed by atoms with van der Waals surface area (Å²) in [5.74, 6) is -0.468. The molecule has 0 saturated carbocycles. The van der Waals surface area contributed by atoms with Gasteiger partial charge in [-0.1, -0.05) is 23.8 Å². The number of pyridine rings is 1. The molecule has 0 fully saturated rings. The third kappa shape index (κ3) is 5.28. The lowest BCUT2D eigenvalue weighted by Gasteiger charge is -2.12. The number of aromatic nitrogens is 1. The molecule has 0 unspecified atom stereocenters. The normalized spacial score (nSPS) is 11.1. The van der Waals surface area contributed by atoms with Gasteiger partial charge in [0.1, 0.15) is 0 Å². The number of hydrogen-bond donors (Lipinski definition) is 1. The number of carbonyl (C=O) groups is 1. The molecular formula is C16H15F3N2O2. The van der Waals surface area contributed by atoms with E-state index in [9.17, 15) is 18.0 Å². The van der Waals surface area contributed by atoms with Crippen molar-refractivity contribution >= 4 is 5.91 Å². The molecule has 2 rings (SSSR count). The Bertz CT molecular complexity index is 670. The van der Waals surface area contributed by atoms with Crippen LogP contribution in [0.5, 0.6) is 5.88 Å². The van der Waals surface area contributed by atoms with Crippen LogP contribution in [0.25, 0.3) is 0 Å². The van der Waals surface area contributed by atoms with Gasteiger partial charge in [-0.2, -0.15) is 13.2 Å². The van der Waals surface area contributed by atoms with E-state index in [-0.39, 0.29) is 18.3 Å². The molecule has 1 aromatic carbocycles. The number of nitrogens with zero attached hydrogens (tertiary/aromatic N) is 1. The lowest BCUT2D eigenvalue weighted by molar-refractivity contribution is -0.154.